The average molecular weight is 516 g/mol. The van der Waals surface area contributed by atoms with Crippen molar-refractivity contribution in [2.45, 2.75) is 156 Å². The van der Waals surface area contributed by atoms with Crippen LogP contribution in [0.4, 0.5) is 0 Å². The highest BCUT2D eigenvalue weighted by molar-refractivity contribution is 6.61. The van der Waals surface area contributed by atoms with E-state index in [9.17, 15) is 4.79 Å². The number of rotatable bonds is 26. The van der Waals surface area contributed by atoms with Gasteiger partial charge in [0, 0.05) is 43.7 Å². The van der Waals surface area contributed by atoms with Crippen LogP contribution in [0, 0.1) is 5.92 Å². The lowest BCUT2D eigenvalue weighted by molar-refractivity contribution is -0.124. The summed E-state index contributed by atoms with van der Waals surface area (Å²) < 4.78 is 17.8. The number of hydrogen-bond donors (Lipinski definition) is 1. The number of unbranched alkanes of at least 4 members (excludes halogenated alkanes) is 13. The smallest absolute Gasteiger partial charge is 0.374 e. The van der Waals surface area contributed by atoms with Crippen molar-refractivity contribution in [3.05, 3.63) is 0 Å². The largest absolute Gasteiger partial charge is 0.501 e. The molecular formula is C29H61NO4Si. The molecule has 0 aromatic carbocycles. The van der Waals surface area contributed by atoms with Crippen LogP contribution in [0.15, 0.2) is 0 Å². The molecule has 5 nitrogen and oxygen atoms in total. The van der Waals surface area contributed by atoms with Crippen LogP contribution >= 0.6 is 0 Å². The van der Waals surface area contributed by atoms with Crippen LogP contribution < -0.4 is 5.73 Å². The fourth-order valence-electron chi connectivity index (χ4n) is 4.94. The Hall–Kier alpha value is -0.273. The molecule has 210 valence electrons. The Morgan fingerprint density at radius 3 is 1.40 bits per heavy atom. The van der Waals surface area contributed by atoms with Crippen molar-refractivity contribution in [1.82, 2.24) is 0 Å². The Labute approximate surface area is 220 Å². The molecule has 0 aromatic rings. The van der Waals surface area contributed by atoms with Crippen LogP contribution in [0.25, 0.3) is 0 Å². The lowest BCUT2D eigenvalue weighted by Crippen LogP contribution is -2.48. The van der Waals surface area contributed by atoms with Crippen LogP contribution in [0.1, 0.15) is 144 Å². The van der Waals surface area contributed by atoms with Gasteiger partial charge in [0.25, 0.3) is 0 Å². The maximum atomic E-state index is 13.2. The van der Waals surface area contributed by atoms with E-state index in [0.717, 1.165) is 12.8 Å². The van der Waals surface area contributed by atoms with Crippen LogP contribution in [0.2, 0.25) is 6.04 Å². The molecule has 2 N–H and O–H groups in total. The minimum Gasteiger partial charge on any atom is -0.374 e. The molecule has 0 aliphatic heterocycles. The third-order valence-corrected chi connectivity index (χ3v) is 9.95. The van der Waals surface area contributed by atoms with E-state index in [-0.39, 0.29) is 11.7 Å². The third kappa shape index (κ3) is 17.8. The van der Waals surface area contributed by atoms with Gasteiger partial charge in [-0.1, -0.05) is 96.8 Å². The molecule has 0 aliphatic carbocycles. The Morgan fingerprint density at radius 2 is 1.06 bits per heavy atom. The van der Waals surface area contributed by atoms with Gasteiger partial charge in [0.1, 0.15) is 5.78 Å². The fourth-order valence-corrected chi connectivity index (χ4v) is 7.50. The number of carbonyl (C=O) groups is 1. The van der Waals surface area contributed by atoms with Crippen molar-refractivity contribution in [3.63, 3.8) is 0 Å². The Kier molecular flexibility index (Phi) is 21.6. The summed E-state index contributed by atoms with van der Waals surface area (Å²) in [6.07, 6.45) is 20.0. The van der Waals surface area contributed by atoms with Crippen LogP contribution in [0.3, 0.4) is 0 Å². The fraction of sp³-hybridized carbons (Fsp3) is 0.966. The summed E-state index contributed by atoms with van der Waals surface area (Å²) in [5.41, 5.74) is 5.93. The maximum Gasteiger partial charge on any atom is 0.501 e. The molecule has 0 saturated carbocycles. The second kappa shape index (κ2) is 21.8. The molecule has 0 radical (unpaired) electrons. The first-order valence-electron chi connectivity index (χ1n) is 15.0. The van der Waals surface area contributed by atoms with Crippen molar-refractivity contribution in [3.8, 4) is 0 Å². The molecule has 35 heavy (non-hydrogen) atoms. The summed E-state index contributed by atoms with van der Waals surface area (Å²) in [5.74, 6) is 0.0968. The van der Waals surface area contributed by atoms with E-state index >= 15 is 0 Å². The quantitative estimate of drug-likeness (QED) is 0.0928. The van der Waals surface area contributed by atoms with Gasteiger partial charge >= 0.3 is 8.80 Å². The van der Waals surface area contributed by atoms with Gasteiger partial charge in [-0.3, -0.25) is 4.79 Å². The van der Waals surface area contributed by atoms with E-state index in [1.807, 2.05) is 34.6 Å². The molecule has 0 aromatic heterocycles. The van der Waals surface area contributed by atoms with E-state index < -0.39 is 14.3 Å². The summed E-state index contributed by atoms with van der Waals surface area (Å²) in [7, 11) is -2.80. The van der Waals surface area contributed by atoms with E-state index in [4.69, 9.17) is 19.0 Å². The molecule has 1 unspecified atom stereocenters. The van der Waals surface area contributed by atoms with Gasteiger partial charge in [-0.2, -0.15) is 0 Å². The third-order valence-electron chi connectivity index (χ3n) is 6.90. The van der Waals surface area contributed by atoms with Gasteiger partial charge in [0.05, 0.1) is 0 Å². The number of nitrogens with two attached hydrogens (primary N) is 1. The standard InChI is InChI=1S/C29H61NO4Si/c1-7-11-12-13-14-15-16-17-18-19-20-21-22-23-24-27(29(5,6)30)28(31)25-26-35(32-8-2,33-9-3)34-10-4/h27H,7-26,30H2,1-6H3. The summed E-state index contributed by atoms with van der Waals surface area (Å²) in [5, 5.41) is 0. The lowest BCUT2D eigenvalue weighted by Gasteiger charge is -2.32. The molecule has 0 bridgehead atoms. The van der Waals surface area contributed by atoms with E-state index in [2.05, 4.69) is 6.92 Å². The molecule has 0 aliphatic rings. The molecule has 0 amide bonds. The first-order valence-corrected chi connectivity index (χ1v) is 16.9. The van der Waals surface area contributed by atoms with Gasteiger partial charge in [-0.15, -0.1) is 0 Å². The first kappa shape index (κ1) is 34.7. The highest BCUT2D eigenvalue weighted by atomic mass is 28.4. The Balaban J connectivity index is 4.22. The molecule has 0 spiro atoms. The Morgan fingerprint density at radius 1 is 0.686 bits per heavy atom. The molecule has 1 atom stereocenters. The number of hydrogen-bond acceptors (Lipinski definition) is 5. The second-order valence-electron chi connectivity index (χ2n) is 10.7. The van der Waals surface area contributed by atoms with Crippen molar-refractivity contribution in [1.29, 1.82) is 0 Å². The van der Waals surface area contributed by atoms with Crippen molar-refractivity contribution in [2.24, 2.45) is 11.7 Å². The normalized spacial score (nSPS) is 13.3. The molecule has 0 heterocycles. The van der Waals surface area contributed by atoms with Crippen LogP contribution in [-0.2, 0) is 18.1 Å². The van der Waals surface area contributed by atoms with Gasteiger partial charge in [0.2, 0.25) is 0 Å². The average Bonchev–Trinajstić information content (AvgIpc) is 2.80. The minimum absolute atomic E-state index is 0.128. The predicted octanol–water partition coefficient (Wildman–Crippen LogP) is 8.22. The number of carbonyl (C=O) groups excluding carboxylic acids is 1. The highest BCUT2D eigenvalue weighted by Gasteiger charge is 2.42. The molecule has 0 fully saturated rings. The highest BCUT2D eigenvalue weighted by Crippen LogP contribution is 2.27. The summed E-state index contributed by atoms with van der Waals surface area (Å²) >= 11 is 0. The van der Waals surface area contributed by atoms with Crippen molar-refractivity contribution >= 4 is 14.6 Å². The first-order chi connectivity index (χ1) is 16.8. The lowest BCUT2D eigenvalue weighted by atomic mass is 9.80. The second-order valence-corrected chi connectivity index (χ2v) is 13.4. The molecule has 0 saturated heterocycles. The zero-order valence-corrected chi connectivity index (χ0v) is 25.4. The van der Waals surface area contributed by atoms with Crippen LogP contribution in [-0.4, -0.2) is 39.9 Å². The summed E-state index contributed by atoms with van der Waals surface area (Å²) in [6.45, 7) is 13.7. The number of Topliss-reactive ketones (excluding diaryl/α,β-unsaturated/α-hetero) is 1. The maximum absolute atomic E-state index is 13.2. The minimum atomic E-state index is -2.80. The summed E-state index contributed by atoms with van der Waals surface area (Å²) in [4.78, 5) is 13.2. The molecule has 0 rings (SSSR count). The monoisotopic (exact) mass is 515 g/mol. The van der Waals surface area contributed by atoms with Gasteiger partial charge in [0.15, 0.2) is 0 Å². The van der Waals surface area contributed by atoms with Crippen LogP contribution in [0.5, 0.6) is 0 Å². The van der Waals surface area contributed by atoms with E-state index in [1.54, 1.807) is 0 Å². The van der Waals surface area contributed by atoms with Gasteiger partial charge in [-0.25, -0.2) is 0 Å². The topological polar surface area (TPSA) is 70.8 Å². The van der Waals surface area contributed by atoms with E-state index in [0.29, 0.717) is 32.3 Å². The predicted molar refractivity (Wildman–Crippen MR) is 152 cm³/mol. The zero-order chi connectivity index (χ0) is 26.4. The summed E-state index contributed by atoms with van der Waals surface area (Å²) in [6, 6.07) is 0.534. The van der Waals surface area contributed by atoms with E-state index in [1.165, 1.54) is 83.5 Å². The Bertz CT molecular complexity index is 479. The van der Waals surface area contributed by atoms with Crippen molar-refractivity contribution in [2.75, 3.05) is 19.8 Å². The van der Waals surface area contributed by atoms with Gasteiger partial charge in [-0.05, 0) is 41.0 Å². The van der Waals surface area contributed by atoms with Gasteiger partial charge < -0.3 is 19.0 Å². The molecular weight excluding hydrogens is 454 g/mol. The van der Waals surface area contributed by atoms with Crippen molar-refractivity contribution < 1.29 is 18.1 Å². The zero-order valence-electron chi connectivity index (χ0n) is 24.4. The molecule has 6 heteroatoms. The number of ketones is 1. The SMILES string of the molecule is CCCCCCCCCCCCCCCCC(C(=O)CC[Si](OCC)(OCC)OCC)C(C)(C)N.